The van der Waals surface area contributed by atoms with Gasteiger partial charge in [-0.25, -0.2) is 4.98 Å². The van der Waals surface area contributed by atoms with E-state index in [9.17, 15) is 0 Å². The van der Waals surface area contributed by atoms with Gasteiger partial charge in [-0.05, 0) is 75.4 Å². The highest BCUT2D eigenvalue weighted by atomic mass is 32.2. The third kappa shape index (κ3) is 6.18. The Kier molecular flexibility index (Phi) is 9.24. The van der Waals surface area contributed by atoms with Crippen LogP contribution in [-0.4, -0.2) is 78.5 Å². The fraction of sp³-hybridized carbons (Fsp3) is 0.429. The first-order chi connectivity index (χ1) is 22.3. The number of aryl methyl sites for hydroxylation is 1. The number of methoxy groups -OCH3 is 1. The van der Waals surface area contributed by atoms with E-state index < -0.39 is 0 Å². The molecule has 0 atom stereocenters. The van der Waals surface area contributed by atoms with Gasteiger partial charge < -0.3 is 29.5 Å². The standard InChI is InChI=1S/C35H45N9OS/c1-8-23-18-28(30(45-6)19-29(23)44-16-12-35(13-17-44)20-25(21-35)42(3)4)40-34-38-22-24(9-2)33(41-34)39-27-11-10-26-31(37-15-14-36-26)32(27)43(5)46-7/h9-11,14-15,18-19,22,25H,2,8,12-13,16-17,20-21H2,1,3-7H3,(H2,38,39,40,41). The van der Waals surface area contributed by atoms with E-state index in [-0.39, 0.29) is 0 Å². The second-order valence-corrected chi connectivity index (χ2v) is 13.5. The number of hydrogen-bond acceptors (Lipinski definition) is 11. The molecule has 11 heteroatoms. The molecule has 1 aliphatic carbocycles. The van der Waals surface area contributed by atoms with Crippen LogP contribution in [0, 0.1) is 5.41 Å². The summed E-state index contributed by atoms with van der Waals surface area (Å²) in [5, 5.41) is 6.98. The molecule has 6 rings (SSSR count). The quantitative estimate of drug-likeness (QED) is 0.164. The van der Waals surface area contributed by atoms with Gasteiger partial charge in [-0.3, -0.25) is 9.97 Å². The fourth-order valence-electron chi connectivity index (χ4n) is 6.88. The maximum Gasteiger partial charge on any atom is 0.229 e. The minimum absolute atomic E-state index is 0.460. The van der Waals surface area contributed by atoms with Gasteiger partial charge in [-0.2, -0.15) is 4.98 Å². The third-order valence-corrected chi connectivity index (χ3v) is 10.5. The zero-order valence-corrected chi connectivity index (χ0v) is 28.6. The van der Waals surface area contributed by atoms with Gasteiger partial charge in [0.25, 0.3) is 0 Å². The maximum absolute atomic E-state index is 5.93. The molecule has 0 radical (unpaired) electrons. The summed E-state index contributed by atoms with van der Waals surface area (Å²) in [6, 6.07) is 9.08. The Morgan fingerprint density at radius 1 is 1.07 bits per heavy atom. The number of nitrogens with one attached hydrogen (secondary N) is 2. The molecular formula is C35H45N9OS. The van der Waals surface area contributed by atoms with Crippen LogP contribution in [-0.2, 0) is 6.42 Å². The highest BCUT2D eigenvalue weighted by Gasteiger charge is 2.46. The molecule has 2 fully saturated rings. The lowest BCUT2D eigenvalue weighted by Gasteiger charge is -2.54. The Morgan fingerprint density at radius 2 is 1.83 bits per heavy atom. The first-order valence-electron chi connectivity index (χ1n) is 16.0. The summed E-state index contributed by atoms with van der Waals surface area (Å²) in [5.74, 6) is 1.86. The van der Waals surface area contributed by atoms with Crippen LogP contribution in [0.15, 0.2) is 49.4 Å². The third-order valence-electron chi connectivity index (χ3n) is 9.75. The number of fused-ring (bicyclic) bond motifs is 1. The van der Waals surface area contributed by atoms with Crippen molar-refractivity contribution in [3.8, 4) is 5.75 Å². The van der Waals surface area contributed by atoms with Gasteiger partial charge in [0, 0.05) is 68.3 Å². The van der Waals surface area contributed by atoms with Crippen molar-refractivity contribution in [1.82, 2.24) is 24.8 Å². The van der Waals surface area contributed by atoms with Gasteiger partial charge in [0.2, 0.25) is 5.95 Å². The second kappa shape index (κ2) is 13.3. The molecule has 2 aliphatic rings. The van der Waals surface area contributed by atoms with E-state index in [1.165, 1.54) is 36.9 Å². The molecule has 0 bridgehead atoms. The van der Waals surface area contributed by atoms with Crippen LogP contribution in [0.2, 0.25) is 0 Å². The normalized spacial score (nSPS) is 16.0. The smallest absolute Gasteiger partial charge is 0.229 e. The predicted octanol–water partition coefficient (Wildman–Crippen LogP) is 7.15. The van der Waals surface area contributed by atoms with E-state index in [2.05, 4.69) is 79.4 Å². The monoisotopic (exact) mass is 639 g/mol. The van der Waals surface area contributed by atoms with Crippen LogP contribution in [0.25, 0.3) is 17.1 Å². The van der Waals surface area contributed by atoms with Crippen molar-refractivity contribution in [2.75, 3.05) is 67.4 Å². The van der Waals surface area contributed by atoms with Gasteiger partial charge in [0.05, 0.1) is 29.7 Å². The number of aromatic nitrogens is 4. The summed E-state index contributed by atoms with van der Waals surface area (Å²) in [7, 11) is 8.15. The zero-order valence-electron chi connectivity index (χ0n) is 27.8. The van der Waals surface area contributed by atoms with E-state index >= 15 is 0 Å². The molecule has 4 aromatic rings. The number of ether oxygens (including phenoxy) is 1. The molecule has 1 saturated heterocycles. The number of hydrogen-bond donors (Lipinski definition) is 2. The topological polar surface area (TPSA) is 94.6 Å². The molecule has 46 heavy (non-hydrogen) atoms. The molecule has 2 N–H and O–H groups in total. The Bertz CT molecular complexity index is 1710. The Hall–Kier alpha value is -4.09. The lowest BCUT2D eigenvalue weighted by Crippen LogP contribution is -2.53. The van der Waals surface area contributed by atoms with Gasteiger partial charge >= 0.3 is 0 Å². The molecule has 2 aromatic heterocycles. The van der Waals surface area contributed by atoms with Crippen LogP contribution in [0.3, 0.4) is 0 Å². The van der Waals surface area contributed by atoms with Crippen LogP contribution in [0.5, 0.6) is 5.75 Å². The van der Waals surface area contributed by atoms with Crippen molar-refractivity contribution < 1.29 is 4.74 Å². The van der Waals surface area contributed by atoms with Crippen LogP contribution in [0.4, 0.5) is 34.5 Å². The van der Waals surface area contributed by atoms with Crippen molar-refractivity contribution in [3.63, 3.8) is 0 Å². The van der Waals surface area contributed by atoms with Crippen LogP contribution < -0.4 is 24.6 Å². The minimum atomic E-state index is 0.460. The predicted molar refractivity (Wildman–Crippen MR) is 193 cm³/mol. The number of piperidine rings is 1. The summed E-state index contributed by atoms with van der Waals surface area (Å²) in [5.41, 5.74) is 8.10. The Balaban J connectivity index is 1.26. The molecule has 1 aliphatic heterocycles. The van der Waals surface area contributed by atoms with E-state index in [4.69, 9.17) is 9.72 Å². The lowest BCUT2D eigenvalue weighted by atomic mass is 9.60. The number of rotatable bonds is 11. The van der Waals surface area contributed by atoms with E-state index in [0.29, 0.717) is 17.2 Å². The summed E-state index contributed by atoms with van der Waals surface area (Å²) in [6.07, 6.45) is 15.0. The van der Waals surface area contributed by atoms with E-state index in [1.54, 1.807) is 43.7 Å². The zero-order chi connectivity index (χ0) is 32.4. The molecule has 242 valence electrons. The summed E-state index contributed by atoms with van der Waals surface area (Å²) >= 11 is 1.60. The molecule has 0 unspecified atom stereocenters. The van der Waals surface area contributed by atoms with Gasteiger partial charge in [0.1, 0.15) is 17.1 Å². The number of anilines is 6. The van der Waals surface area contributed by atoms with E-state index in [0.717, 1.165) is 65.0 Å². The van der Waals surface area contributed by atoms with Gasteiger partial charge in [0.15, 0.2) is 0 Å². The Labute approximate surface area is 276 Å². The molecule has 10 nitrogen and oxygen atoms in total. The van der Waals surface area contributed by atoms with E-state index in [1.807, 2.05) is 25.4 Å². The lowest BCUT2D eigenvalue weighted by molar-refractivity contribution is 0.00488. The van der Waals surface area contributed by atoms with Crippen molar-refractivity contribution in [2.45, 2.75) is 45.1 Å². The largest absolute Gasteiger partial charge is 0.494 e. The van der Waals surface area contributed by atoms with Crippen molar-refractivity contribution >= 4 is 63.6 Å². The average molecular weight is 640 g/mol. The highest BCUT2D eigenvalue weighted by Crippen LogP contribution is 2.51. The molecule has 1 saturated carbocycles. The summed E-state index contributed by atoms with van der Waals surface area (Å²) in [4.78, 5) is 23.6. The highest BCUT2D eigenvalue weighted by molar-refractivity contribution is 7.99. The van der Waals surface area contributed by atoms with Crippen molar-refractivity contribution in [3.05, 3.63) is 60.6 Å². The average Bonchev–Trinajstić information content (AvgIpc) is 3.06. The molecule has 3 heterocycles. The number of benzene rings is 2. The van der Waals surface area contributed by atoms with Crippen LogP contribution >= 0.6 is 11.9 Å². The first-order valence-corrected chi connectivity index (χ1v) is 17.1. The second-order valence-electron chi connectivity index (χ2n) is 12.6. The van der Waals surface area contributed by atoms with Crippen molar-refractivity contribution in [2.24, 2.45) is 5.41 Å². The maximum atomic E-state index is 5.93. The van der Waals surface area contributed by atoms with Crippen LogP contribution in [0.1, 0.15) is 43.7 Å². The van der Waals surface area contributed by atoms with Gasteiger partial charge in [-0.15, -0.1) is 0 Å². The summed E-state index contributed by atoms with van der Waals surface area (Å²) < 4.78 is 8.00. The SMILES string of the molecule is C=Cc1cnc(Nc2cc(CC)c(N3CCC4(CC3)CC(N(C)C)C4)cc2OC)nc1Nc1ccc2nccnc2c1N(C)SC. The van der Waals surface area contributed by atoms with Gasteiger partial charge in [-0.1, -0.05) is 31.5 Å². The summed E-state index contributed by atoms with van der Waals surface area (Å²) in [6.45, 7) is 8.37. The minimum Gasteiger partial charge on any atom is -0.494 e. The molecule has 2 aromatic carbocycles. The first kappa shape index (κ1) is 31.9. The number of nitrogens with zero attached hydrogens (tertiary/aromatic N) is 7. The Morgan fingerprint density at radius 3 is 2.50 bits per heavy atom. The molecule has 0 amide bonds. The molecular weight excluding hydrogens is 595 g/mol. The fourth-order valence-corrected chi connectivity index (χ4v) is 7.24. The van der Waals surface area contributed by atoms with Crippen molar-refractivity contribution in [1.29, 1.82) is 0 Å². The molecule has 1 spiro atoms.